The molecule has 0 aliphatic carbocycles. The predicted molar refractivity (Wildman–Crippen MR) is 144 cm³/mol. The maximum absolute atomic E-state index is 13.2. The van der Waals surface area contributed by atoms with Gasteiger partial charge in [0.15, 0.2) is 0 Å². The molecule has 3 aromatic carbocycles. The summed E-state index contributed by atoms with van der Waals surface area (Å²) in [5.41, 5.74) is 4.03. The highest BCUT2D eigenvalue weighted by atomic mass is 32.2. The molecule has 0 spiro atoms. The Balaban J connectivity index is 1.50. The number of hydrogen-bond acceptors (Lipinski definition) is 5. The third-order valence-corrected chi connectivity index (χ3v) is 9.96. The molecule has 37 heavy (non-hydrogen) atoms. The Morgan fingerprint density at radius 2 is 1.35 bits per heavy atom. The van der Waals surface area contributed by atoms with Gasteiger partial charge in [0.1, 0.15) is 0 Å². The fourth-order valence-corrected chi connectivity index (χ4v) is 7.15. The van der Waals surface area contributed by atoms with Gasteiger partial charge in [0.2, 0.25) is 10.0 Å². The maximum atomic E-state index is 13.2. The molecule has 0 saturated carbocycles. The Bertz CT molecular complexity index is 1540. The quantitative estimate of drug-likeness (QED) is 0.510. The molecule has 0 unspecified atom stereocenters. The molecule has 0 bridgehead atoms. The zero-order chi connectivity index (χ0) is 27.0. The fraction of sp³-hybridized carbons (Fsp3) is 0.296. The van der Waals surface area contributed by atoms with E-state index in [0.717, 1.165) is 16.7 Å². The van der Waals surface area contributed by atoms with E-state index in [1.54, 1.807) is 54.3 Å². The van der Waals surface area contributed by atoms with E-state index in [9.17, 15) is 21.6 Å². The van der Waals surface area contributed by atoms with Crippen molar-refractivity contribution in [1.29, 1.82) is 0 Å². The van der Waals surface area contributed by atoms with Gasteiger partial charge < -0.3 is 4.90 Å². The minimum atomic E-state index is -3.94. The standard InChI is InChI=1S/C27H31N3O5S2/c1-19-5-10-24(11-6-19)37(34,35)30-15-13-29(14-16-30)27(31)23-9-8-21(3)26(18-23)36(32,33)28-25-12-7-20(2)17-22(25)4/h5-12,17-18,28H,13-16H2,1-4H3. The Kier molecular flexibility index (Phi) is 7.45. The van der Waals surface area contributed by atoms with Crippen LogP contribution in [-0.2, 0) is 20.0 Å². The molecule has 1 fully saturated rings. The Morgan fingerprint density at radius 1 is 0.730 bits per heavy atom. The lowest BCUT2D eigenvalue weighted by Gasteiger charge is -2.34. The first-order valence-electron chi connectivity index (χ1n) is 12.0. The molecule has 1 aliphatic rings. The number of carbonyl (C=O) groups excluding carboxylic acids is 1. The van der Waals surface area contributed by atoms with Gasteiger partial charge in [0.25, 0.3) is 15.9 Å². The van der Waals surface area contributed by atoms with Crippen molar-refractivity contribution in [2.45, 2.75) is 37.5 Å². The van der Waals surface area contributed by atoms with E-state index < -0.39 is 20.0 Å². The molecule has 10 heteroatoms. The van der Waals surface area contributed by atoms with Crippen molar-refractivity contribution in [3.63, 3.8) is 0 Å². The average molecular weight is 542 g/mol. The van der Waals surface area contributed by atoms with Gasteiger partial charge in [0, 0.05) is 31.7 Å². The summed E-state index contributed by atoms with van der Waals surface area (Å²) in [6.07, 6.45) is 0. The molecular formula is C27H31N3O5S2. The Labute approximate surface area is 219 Å². The molecule has 3 aromatic rings. The van der Waals surface area contributed by atoms with Crippen LogP contribution in [0.25, 0.3) is 0 Å². The monoisotopic (exact) mass is 541 g/mol. The first-order chi connectivity index (χ1) is 17.4. The normalized spacial score (nSPS) is 15.0. The van der Waals surface area contributed by atoms with Gasteiger partial charge >= 0.3 is 0 Å². The van der Waals surface area contributed by atoms with Crippen LogP contribution in [0.2, 0.25) is 0 Å². The van der Waals surface area contributed by atoms with Crippen LogP contribution in [0.5, 0.6) is 0 Å². The molecule has 1 N–H and O–H groups in total. The summed E-state index contributed by atoms with van der Waals surface area (Å²) in [6.45, 7) is 8.07. The summed E-state index contributed by atoms with van der Waals surface area (Å²) in [5.74, 6) is -0.338. The van der Waals surface area contributed by atoms with Crippen LogP contribution in [0.15, 0.2) is 70.5 Å². The highest BCUT2D eigenvalue weighted by Gasteiger charge is 2.31. The summed E-state index contributed by atoms with van der Waals surface area (Å²) >= 11 is 0. The SMILES string of the molecule is Cc1ccc(S(=O)(=O)N2CCN(C(=O)c3ccc(C)c(S(=O)(=O)Nc4ccc(C)cc4C)c3)CC2)cc1. The van der Waals surface area contributed by atoms with E-state index in [4.69, 9.17) is 0 Å². The zero-order valence-electron chi connectivity index (χ0n) is 21.4. The van der Waals surface area contributed by atoms with Crippen molar-refractivity contribution in [1.82, 2.24) is 9.21 Å². The van der Waals surface area contributed by atoms with Crippen molar-refractivity contribution >= 4 is 31.6 Å². The van der Waals surface area contributed by atoms with Gasteiger partial charge in [-0.1, -0.05) is 41.5 Å². The lowest BCUT2D eigenvalue weighted by atomic mass is 10.1. The van der Waals surface area contributed by atoms with E-state index in [0.29, 0.717) is 11.3 Å². The highest BCUT2D eigenvalue weighted by Crippen LogP contribution is 2.25. The molecular weight excluding hydrogens is 510 g/mol. The second kappa shape index (κ2) is 10.3. The molecule has 196 valence electrons. The van der Waals surface area contributed by atoms with Gasteiger partial charge in [-0.05, 0) is 69.2 Å². The highest BCUT2D eigenvalue weighted by molar-refractivity contribution is 7.92. The van der Waals surface area contributed by atoms with E-state index in [1.807, 2.05) is 32.9 Å². The van der Waals surface area contributed by atoms with E-state index >= 15 is 0 Å². The first-order valence-corrected chi connectivity index (χ1v) is 14.9. The number of carbonyl (C=O) groups is 1. The minimum absolute atomic E-state index is 0.0268. The van der Waals surface area contributed by atoms with Crippen LogP contribution in [0.3, 0.4) is 0 Å². The van der Waals surface area contributed by atoms with E-state index in [2.05, 4.69) is 4.72 Å². The lowest BCUT2D eigenvalue weighted by Crippen LogP contribution is -2.50. The maximum Gasteiger partial charge on any atom is 0.262 e. The summed E-state index contributed by atoms with van der Waals surface area (Å²) in [4.78, 5) is 15.1. The molecule has 1 amide bonds. The van der Waals surface area contributed by atoms with Crippen LogP contribution in [0.1, 0.15) is 32.6 Å². The number of nitrogens with one attached hydrogen (secondary N) is 1. The van der Waals surface area contributed by atoms with E-state index in [-0.39, 0.29) is 47.4 Å². The minimum Gasteiger partial charge on any atom is -0.336 e. The number of sulfonamides is 2. The first kappa shape index (κ1) is 26.8. The van der Waals surface area contributed by atoms with Crippen molar-refractivity contribution in [3.05, 3.63) is 88.5 Å². The summed E-state index contributed by atoms with van der Waals surface area (Å²) in [7, 11) is -7.59. The number of hydrogen-bond donors (Lipinski definition) is 1. The van der Waals surface area contributed by atoms with Gasteiger partial charge in [-0.2, -0.15) is 4.31 Å². The predicted octanol–water partition coefficient (Wildman–Crippen LogP) is 3.87. The molecule has 1 heterocycles. The third kappa shape index (κ3) is 5.71. The molecule has 1 saturated heterocycles. The lowest BCUT2D eigenvalue weighted by molar-refractivity contribution is 0.0697. The van der Waals surface area contributed by atoms with Gasteiger partial charge in [0.05, 0.1) is 15.5 Å². The van der Waals surface area contributed by atoms with Crippen LogP contribution >= 0.6 is 0 Å². The fourth-order valence-electron chi connectivity index (χ4n) is 4.32. The smallest absolute Gasteiger partial charge is 0.262 e. The number of aryl methyl sites for hydroxylation is 4. The third-order valence-electron chi connectivity index (χ3n) is 6.54. The van der Waals surface area contributed by atoms with Crippen molar-refractivity contribution in [2.24, 2.45) is 0 Å². The number of amides is 1. The van der Waals surface area contributed by atoms with Gasteiger partial charge in [-0.25, -0.2) is 16.8 Å². The number of rotatable bonds is 6. The topological polar surface area (TPSA) is 104 Å². The van der Waals surface area contributed by atoms with Crippen LogP contribution in [0.4, 0.5) is 5.69 Å². The molecule has 4 rings (SSSR count). The number of anilines is 1. The second-order valence-corrected chi connectivity index (χ2v) is 13.0. The Hall–Kier alpha value is -3.21. The van der Waals surface area contributed by atoms with Crippen molar-refractivity contribution < 1.29 is 21.6 Å². The largest absolute Gasteiger partial charge is 0.336 e. The number of piperazine rings is 1. The van der Waals surface area contributed by atoms with Crippen LogP contribution in [0, 0.1) is 27.7 Å². The van der Waals surface area contributed by atoms with Gasteiger partial charge in [-0.15, -0.1) is 0 Å². The average Bonchev–Trinajstić information content (AvgIpc) is 2.86. The molecule has 0 atom stereocenters. The number of benzene rings is 3. The van der Waals surface area contributed by atoms with Crippen molar-refractivity contribution in [3.8, 4) is 0 Å². The summed E-state index contributed by atoms with van der Waals surface area (Å²) in [6, 6.07) is 16.7. The Morgan fingerprint density at radius 3 is 1.97 bits per heavy atom. The molecule has 8 nitrogen and oxygen atoms in total. The molecule has 0 radical (unpaired) electrons. The second-order valence-electron chi connectivity index (χ2n) is 9.41. The van der Waals surface area contributed by atoms with Crippen LogP contribution in [-0.4, -0.2) is 58.1 Å². The number of nitrogens with zero attached hydrogens (tertiary/aromatic N) is 2. The summed E-state index contributed by atoms with van der Waals surface area (Å²) in [5, 5.41) is 0. The molecule has 1 aliphatic heterocycles. The van der Waals surface area contributed by atoms with Crippen molar-refractivity contribution in [2.75, 3.05) is 30.9 Å². The molecule has 0 aromatic heterocycles. The van der Waals surface area contributed by atoms with E-state index in [1.165, 1.54) is 10.4 Å². The zero-order valence-corrected chi connectivity index (χ0v) is 23.0. The van der Waals surface area contributed by atoms with Gasteiger partial charge in [-0.3, -0.25) is 9.52 Å². The summed E-state index contributed by atoms with van der Waals surface area (Å²) < 4.78 is 56.4. The van der Waals surface area contributed by atoms with Crippen LogP contribution < -0.4 is 4.72 Å².